The number of carbonyl (C=O) groups is 1. The summed E-state index contributed by atoms with van der Waals surface area (Å²) in [6.45, 7) is 3.87. The van der Waals surface area contributed by atoms with Crippen molar-refractivity contribution < 1.29 is 9.90 Å². The molecule has 0 aromatic heterocycles. The number of nitrogens with one attached hydrogen (secondary N) is 2. The smallest absolute Gasteiger partial charge is 0.315 e. The average Bonchev–Trinajstić information content (AvgIpc) is 3.29. The molecule has 2 aliphatic rings. The molecule has 0 unspecified atom stereocenters. The zero-order valence-electron chi connectivity index (χ0n) is 15.5. The highest BCUT2D eigenvalue weighted by Crippen LogP contribution is 2.31. The topological polar surface area (TPSA) is 64.6 Å². The largest absolute Gasteiger partial charge is 0.390 e. The zero-order valence-corrected chi connectivity index (χ0v) is 15.5. The van der Waals surface area contributed by atoms with E-state index in [1.54, 1.807) is 0 Å². The van der Waals surface area contributed by atoms with Crippen molar-refractivity contribution in [1.29, 1.82) is 0 Å². The number of urea groups is 1. The maximum atomic E-state index is 12.3. The molecule has 1 heterocycles. The second-order valence-corrected chi connectivity index (χ2v) is 7.57. The number of amides is 2. The Morgan fingerprint density at radius 3 is 2.52 bits per heavy atom. The Kier molecular flexibility index (Phi) is 5.41. The van der Waals surface area contributed by atoms with Crippen LogP contribution in [0.15, 0.2) is 48.5 Å². The summed E-state index contributed by atoms with van der Waals surface area (Å²) < 4.78 is 0. The second-order valence-electron chi connectivity index (χ2n) is 7.57. The van der Waals surface area contributed by atoms with Crippen LogP contribution < -0.4 is 10.6 Å². The Bertz CT molecular complexity index is 784. The number of aliphatic hydroxyl groups excluding tert-OH is 1. The molecule has 0 radical (unpaired) electrons. The second kappa shape index (κ2) is 8.11. The number of carbonyl (C=O) groups excluding carboxylic acids is 1. The van der Waals surface area contributed by atoms with Crippen LogP contribution in [0.5, 0.6) is 0 Å². The molecular formula is C22H27N3O2. The van der Waals surface area contributed by atoms with E-state index in [0.29, 0.717) is 13.0 Å². The van der Waals surface area contributed by atoms with E-state index in [9.17, 15) is 9.90 Å². The average molecular weight is 365 g/mol. The molecule has 0 spiro atoms. The van der Waals surface area contributed by atoms with Gasteiger partial charge in [-0.3, -0.25) is 4.90 Å². The van der Waals surface area contributed by atoms with Crippen LogP contribution >= 0.6 is 0 Å². The molecule has 5 nitrogen and oxygen atoms in total. The van der Waals surface area contributed by atoms with Crippen LogP contribution in [-0.2, 0) is 19.5 Å². The van der Waals surface area contributed by atoms with Crippen molar-refractivity contribution in [3.63, 3.8) is 0 Å². The minimum absolute atomic E-state index is 0.253. The van der Waals surface area contributed by atoms with Gasteiger partial charge in [-0.15, -0.1) is 0 Å². The summed E-state index contributed by atoms with van der Waals surface area (Å²) >= 11 is 0. The monoisotopic (exact) mass is 365 g/mol. The molecule has 27 heavy (non-hydrogen) atoms. The molecule has 2 aromatic carbocycles. The maximum Gasteiger partial charge on any atom is 0.315 e. The fourth-order valence-electron chi connectivity index (χ4n) is 4.08. The van der Waals surface area contributed by atoms with Crippen LogP contribution in [0.3, 0.4) is 0 Å². The summed E-state index contributed by atoms with van der Waals surface area (Å²) in [4.78, 5) is 14.8. The first-order valence-electron chi connectivity index (χ1n) is 9.79. The number of rotatable bonds is 5. The van der Waals surface area contributed by atoms with Gasteiger partial charge in [0, 0.05) is 19.5 Å². The fourth-order valence-corrected chi connectivity index (χ4v) is 4.08. The van der Waals surface area contributed by atoms with Gasteiger partial charge in [-0.2, -0.15) is 0 Å². The Labute approximate surface area is 160 Å². The number of hydrogen-bond acceptors (Lipinski definition) is 3. The van der Waals surface area contributed by atoms with Gasteiger partial charge in [-0.1, -0.05) is 48.5 Å². The van der Waals surface area contributed by atoms with E-state index in [4.69, 9.17) is 0 Å². The van der Waals surface area contributed by atoms with Gasteiger partial charge in [0.15, 0.2) is 0 Å². The lowest BCUT2D eigenvalue weighted by Gasteiger charge is -2.18. The highest BCUT2D eigenvalue weighted by molar-refractivity contribution is 5.74. The van der Waals surface area contributed by atoms with Gasteiger partial charge in [0.25, 0.3) is 0 Å². The highest BCUT2D eigenvalue weighted by atomic mass is 16.3. The lowest BCUT2D eigenvalue weighted by Crippen LogP contribution is -2.40. The zero-order chi connectivity index (χ0) is 18.6. The summed E-state index contributed by atoms with van der Waals surface area (Å²) in [6.07, 6.45) is 2.62. The van der Waals surface area contributed by atoms with Gasteiger partial charge >= 0.3 is 6.03 Å². The first-order valence-corrected chi connectivity index (χ1v) is 9.79. The normalized spacial score (nSPS) is 21.8. The van der Waals surface area contributed by atoms with Gasteiger partial charge in [-0.05, 0) is 48.2 Å². The number of fused-ring (bicyclic) bond motifs is 1. The number of benzene rings is 2. The first-order chi connectivity index (χ1) is 13.2. The van der Waals surface area contributed by atoms with Gasteiger partial charge in [-0.25, -0.2) is 4.79 Å². The summed E-state index contributed by atoms with van der Waals surface area (Å²) in [5, 5.41) is 16.1. The Balaban J connectivity index is 1.28. The van der Waals surface area contributed by atoms with Gasteiger partial charge in [0.05, 0.1) is 12.1 Å². The summed E-state index contributed by atoms with van der Waals surface area (Å²) in [5.41, 5.74) is 4.49. The molecule has 1 aliphatic heterocycles. The standard InChI is InChI=1S/C22H27N3O2/c26-20-13-18-5-1-2-6-19(18)21(20)24-22(27)23-14-16-7-9-17(10-8-16)15-25-11-3-4-12-25/h1-2,5-10,20-21,26H,3-4,11-15H2,(H2,23,24,27)/t20-,21+/m0/s1. The number of aliphatic hydroxyl groups is 1. The lowest BCUT2D eigenvalue weighted by molar-refractivity contribution is 0.142. The van der Waals surface area contributed by atoms with Crippen LogP contribution in [0.2, 0.25) is 0 Å². The van der Waals surface area contributed by atoms with Crippen molar-refractivity contribution in [1.82, 2.24) is 15.5 Å². The van der Waals surface area contributed by atoms with Crippen molar-refractivity contribution in [3.8, 4) is 0 Å². The summed E-state index contributed by atoms with van der Waals surface area (Å²) in [5.74, 6) is 0. The molecule has 142 valence electrons. The maximum absolute atomic E-state index is 12.3. The quantitative estimate of drug-likeness (QED) is 0.763. The van der Waals surface area contributed by atoms with Crippen molar-refractivity contribution >= 4 is 6.03 Å². The van der Waals surface area contributed by atoms with E-state index >= 15 is 0 Å². The van der Waals surface area contributed by atoms with Crippen LogP contribution in [0.25, 0.3) is 0 Å². The van der Waals surface area contributed by atoms with Crippen LogP contribution in [-0.4, -0.2) is 35.2 Å². The summed E-state index contributed by atoms with van der Waals surface area (Å²) in [7, 11) is 0. The van der Waals surface area contributed by atoms with Crippen molar-refractivity contribution in [2.24, 2.45) is 0 Å². The molecule has 0 bridgehead atoms. The molecule has 1 saturated heterocycles. The van der Waals surface area contributed by atoms with Crippen molar-refractivity contribution in [3.05, 3.63) is 70.8 Å². The third-order valence-corrected chi connectivity index (χ3v) is 5.57. The molecular weight excluding hydrogens is 338 g/mol. The van der Waals surface area contributed by atoms with Gasteiger partial charge < -0.3 is 15.7 Å². The first kappa shape index (κ1) is 18.0. The van der Waals surface area contributed by atoms with Gasteiger partial charge in [0.2, 0.25) is 0 Å². The number of nitrogens with zero attached hydrogens (tertiary/aromatic N) is 1. The Hall–Kier alpha value is -2.37. The predicted octanol–water partition coefficient (Wildman–Crippen LogP) is 2.74. The summed E-state index contributed by atoms with van der Waals surface area (Å²) in [6, 6.07) is 15.7. The van der Waals surface area contributed by atoms with Crippen LogP contribution in [0.1, 0.15) is 41.1 Å². The Morgan fingerprint density at radius 1 is 1.04 bits per heavy atom. The molecule has 4 rings (SSSR count). The third-order valence-electron chi connectivity index (χ3n) is 5.57. The highest BCUT2D eigenvalue weighted by Gasteiger charge is 2.31. The minimum atomic E-state index is -0.571. The molecule has 0 saturated carbocycles. The molecule has 3 N–H and O–H groups in total. The molecule has 1 fully saturated rings. The Morgan fingerprint density at radius 2 is 1.74 bits per heavy atom. The van der Waals surface area contributed by atoms with Gasteiger partial charge in [0.1, 0.15) is 0 Å². The van der Waals surface area contributed by atoms with E-state index < -0.39 is 6.10 Å². The van der Waals surface area contributed by atoms with Crippen molar-refractivity contribution in [2.45, 2.75) is 44.5 Å². The predicted molar refractivity (Wildman–Crippen MR) is 105 cm³/mol. The lowest BCUT2D eigenvalue weighted by atomic mass is 10.1. The third kappa shape index (κ3) is 4.31. The molecule has 2 aromatic rings. The van der Waals surface area contributed by atoms with E-state index in [2.05, 4.69) is 39.8 Å². The molecule has 2 amide bonds. The number of likely N-dealkylation sites (tertiary alicyclic amines) is 1. The van der Waals surface area contributed by atoms with E-state index in [-0.39, 0.29) is 12.1 Å². The molecule has 2 atom stereocenters. The van der Waals surface area contributed by atoms with E-state index in [1.165, 1.54) is 31.5 Å². The SMILES string of the molecule is O=C(NCc1ccc(CN2CCCC2)cc1)N[C@@H]1c2ccccc2C[C@@H]1O. The number of hydrogen-bond donors (Lipinski definition) is 3. The van der Waals surface area contributed by atoms with E-state index in [0.717, 1.165) is 23.2 Å². The minimum Gasteiger partial charge on any atom is -0.390 e. The van der Waals surface area contributed by atoms with E-state index in [1.807, 2.05) is 24.3 Å². The van der Waals surface area contributed by atoms with Crippen LogP contribution in [0.4, 0.5) is 4.79 Å². The molecule has 1 aliphatic carbocycles. The molecule has 5 heteroatoms. The van der Waals surface area contributed by atoms with Crippen molar-refractivity contribution in [2.75, 3.05) is 13.1 Å². The fraction of sp³-hybridized carbons (Fsp3) is 0.409. The van der Waals surface area contributed by atoms with Crippen LogP contribution in [0, 0.1) is 0 Å².